The number of aromatic amines is 1. The van der Waals surface area contributed by atoms with Crippen molar-refractivity contribution >= 4 is 29.5 Å². The molecule has 0 saturated carbocycles. The van der Waals surface area contributed by atoms with Gasteiger partial charge in [0.1, 0.15) is 0 Å². The van der Waals surface area contributed by atoms with E-state index in [0.717, 1.165) is 33.4 Å². The summed E-state index contributed by atoms with van der Waals surface area (Å²) in [5.74, 6) is -4.66. The number of H-pyrrole nitrogens is 1. The van der Waals surface area contributed by atoms with Gasteiger partial charge in [0.2, 0.25) is 5.78 Å². The number of carbonyl (C=O) groups excluding carboxylic acids is 5. The maximum atomic E-state index is 12.4. The second-order valence-electron chi connectivity index (χ2n) is 14.2. The highest BCUT2D eigenvalue weighted by Gasteiger charge is 2.25. The van der Waals surface area contributed by atoms with Crippen molar-refractivity contribution in [3.63, 3.8) is 0 Å². The molecule has 14 heteroatoms. The van der Waals surface area contributed by atoms with E-state index in [0.29, 0.717) is 38.9 Å². The summed E-state index contributed by atoms with van der Waals surface area (Å²) in [6.45, 7) is 7.24. The number of hydrogen-bond donors (Lipinski definition) is 4. The number of Topliss-reactive ketones (excluding diaryl/α,β-unsaturated/α-hetero) is 1. The summed E-state index contributed by atoms with van der Waals surface area (Å²) >= 11 is 0. The lowest BCUT2D eigenvalue weighted by molar-refractivity contribution is -0.148. The van der Waals surface area contributed by atoms with Crippen LogP contribution in [-0.2, 0) is 41.5 Å². The van der Waals surface area contributed by atoms with E-state index in [1.54, 1.807) is 27.7 Å². The predicted molar refractivity (Wildman–Crippen MR) is 226 cm³/mol. The molecule has 0 spiro atoms. The van der Waals surface area contributed by atoms with Crippen molar-refractivity contribution in [3.05, 3.63) is 137 Å². The first-order chi connectivity index (χ1) is 28.9. The Morgan fingerprint density at radius 2 is 1.07 bits per heavy atom. The molecule has 4 aromatic carbocycles. The third-order valence-electron chi connectivity index (χ3n) is 9.48. The molecular formula is C46H53N5O9. The normalized spacial score (nSPS) is 12.7. The van der Waals surface area contributed by atoms with Gasteiger partial charge in [-0.25, -0.2) is 9.89 Å². The van der Waals surface area contributed by atoms with Crippen LogP contribution in [0.15, 0.2) is 118 Å². The number of ether oxygens (including phenoxy) is 2. The van der Waals surface area contributed by atoms with Gasteiger partial charge in [-0.3, -0.25) is 24.0 Å². The van der Waals surface area contributed by atoms with E-state index < -0.39 is 41.2 Å². The molecule has 0 aliphatic rings. The van der Waals surface area contributed by atoms with Crippen molar-refractivity contribution in [2.45, 2.75) is 65.5 Å². The van der Waals surface area contributed by atoms with Crippen molar-refractivity contribution < 1.29 is 37.9 Å². The number of hydrogen-bond acceptors (Lipinski definition) is 11. The lowest BCUT2D eigenvalue weighted by Gasteiger charge is -2.21. The van der Waals surface area contributed by atoms with Gasteiger partial charge in [-0.15, -0.1) is 5.10 Å². The zero-order valence-corrected chi connectivity index (χ0v) is 34.4. The molecule has 1 aromatic heterocycles. The zero-order valence-electron chi connectivity index (χ0n) is 34.4. The van der Waals surface area contributed by atoms with Gasteiger partial charge in [0.05, 0.1) is 31.6 Å². The second-order valence-corrected chi connectivity index (χ2v) is 14.2. The molecule has 0 fully saturated rings. The summed E-state index contributed by atoms with van der Waals surface area (Å²) in [5, 5.41) is 11.1. The van der Waals surface area contributed by atoms with E-state index in [4.69, 9.17) is 19.6 Å². The summed E-state index contributed by atoms with van der Waals surface area (Å²) < 4.78 is 14.9. The molecule has 0 bridgehead atoms. The van der Waals surface area contributed by atoms with Crippen LogP contribution in [0.2, 0.25) is 0 Å². The molecule has 0 aliphatic carbocycles. The molecule has 1 heterocycles. The van der Waals surface area contributed by atoms with Gasteiger partial charge in [-0.2, -0.15) is 0 Å². The Balaban J connectivity index is 0.000000265. The number of nitrogens with one attached hydrogen (secondary N) is 3. The number of rotatable bonds is 19. The Labute approximate surface area is 349 Å². The molecule has 0 radical (unpaired) electrons. The van der Waals surface area contributed by atoms with Crippen LogP contribution < -0.4 is 22.1 Å². The van der Waals surface area contributed by atoms with E-state index >= 15 is 0 Å². The number of nitrogens with two attached hydrogens (primary N) is 1. The summed E-state index contributed by atoms with van der Waals surface area (Å²) in [7, 11) is 0. The largest absolute Gasteiger partial charge is 0.466 e. The number of ketones is 1. The number of aromatic nitrogens is 2. The van der Waals surface area contributed by atoms with Gasteiger partial charge < -0.3 is 30.3 Å². The zero-order chi connectivity index (χ0) is 43.4. The van der Waals surface area contributed by atoms with Crippen molar-refractivity contribution in [1.29, 1.82) is 0 Å². The SMILES string of the molecule is CCOC(=O)[C@H](C)C[C@@H](Cc1ccc(-c2ccccc2)cc1)NC(=O)C(=O)CN.CCOC(=O)[C@H](C)C[C@@H](Cc1ccc(-c2ccccc2)cc1)NC(=O)c1n[nH]c(=O)o1. The molecule has 316 valence electrons. The fraction of sp³-hybridized carbons (Fsp3) is 0.326. The molecule has 0 saturated heterocycles. The topological polar surface area (TPSA) is 213 Å². The van der Waals surface area contributed by atoms with Gasteiger partial charge >= 0.3 is 29.5 Å². The van der Waals surface area contributed by atoms with Crippen LogP contribution in [0.3, 0.4) is 0 Å². The number of benzene rings is 4. The second kappa shape index (κ2) is 23.7. The Kier molecular flexibility index (Phi) is 18.2. The maximum absolute atomic E-state index is 12.4. The summed E-state index contributed by atoms with van der Waals surface area (Å²) in [6.07, 6.45) is 1.70. The van der Waals surface area contributed by atoms with Gasteiger partial charge in [0.15, 0.2) is 0 Å². The van der Waals surface area contributed by atoms with Crippen molar-refractivity contribution in [1.82, 2.24) is 20.8 Å². The molecule has 60 heavy (non-hydrogen) atoms. The van der Waals surface area contributed by atoms with E-state index in [-0.39, 0.29) is 30.4 Å². The lowest BCUT2D eigenvalue weighted by atomic mass is 9.94. The molecule has 2 amide bonds. The molecule has 4 atom stereocenters. The first kappa shape index (κ1) is 46.0. The van der Waals surface area contributed by atoms with E-state index in [2.05, 4.69) is 20.8 Å². The van der Waals surface area contributed by atoms with Crippen LogP contribution in [0, 0.1) is 11.8 Å². The number of carbonyl (C=O) groups is 5. The van der Waals surface area contributed by atoms with Crippen molar-refractivity contribution in [3.8, 4) is 22.3 Å². The Bertz CT molecular complexity index is 2190. The predicted octanol–water partition coefficient (Wildman–Crippen LogP) is 5.46. The summed E-state index contributed by atoms with van der Waals surface area (Å²) in [4.78, 5) is 71.3. The fourth-order valence-corrected chi connectivity index (χ4v) is 6.43. The Hall–Kier alpha value is -6.67. The van der Waals surface area contributed by atoms with E-state index in [9.17, 15) is 28.8 Å². The fourth-order valence-electron chi connectivity index (χ4n) is 6.43. The van der Waals surface area contributed by atoms with Gasteiger partial charge in [0.25, 0.3) is 5.91 Å². The average Bonchev–Trinajstić information content (AvgIpc) is 3.71. The van der Waals surface area contributed by atoms with E-state index in [1.165, 1.54) is 0 Å². The minimum absolute atomic E-state index is 0.291. The monoisotopic (exact) mass is 819 g/mol. The summed E-state index contributed by atoms with van der Waals surface area (Å²) in [5.41, 5.74) is 11.7. The Morgan fingerprint density at radius 3 is 1.45 bits per heavy atom. The minimum Gasteiger partial charge on any atom is -0.466 e. The minimum atomic E-state index is -0.807. The number of nitrogens with zero attached hydrogens (tertiary/aromatic N) is 1. The molecule has 14 nitrogen and oxygen atoms in total. The highest BCUT2D eigenvalue weighted by molar-refractivity contribution is 6.37. The molecular weight excluding hydrogens is 767 g/mol. The summed E-state index contributed by atoms with van der Waals surface area (Å²) in [6, 6.07) is 35.3. The molecule has 5 rings (SSSR count). The van der Waals surface area contributed by atoms with Crippen LogP contribution >= 0.6 is 0 Å². The molecule has 5 aromatic rings. The molecule has 5 N–H and O–H groups in total. The van der Waals surface area contributed by atoms with Crippen LogP contribution in [0.5, 0.6) is 0 Å². The third-order valence-corrected chi connectivity index (χ3v) is 9.48. The third kappa shape index (κ3) is 14.6. The Morgan fingerprint density at radius 1 is 0.650 bits per heavy atom. The van der Waals surface area contributed by atoms with Gasteiger partial charge in [-0.05, 0) is 72.9 Å². The average molecular weight is 820 g/mol. The smallest absolute Gasteiger partial charge is 0.434 e. The maximum Gasteiger partial charge on any atom is 0.434 e. The molecule has 0 aliphatic heterocycles. The van der Waals surface area contributed by atoms with Crippen LogP contribution in [0.4, 0.5) is 0 Å². The van der Waals surface area contributed by atoms with Crippen LogP contribution in [0.1, 0.15) is 62.3 Å². The highest BCUT2D eigenvalue weighted by atomic mass is 16.5. The standard InChI is InChI=1S/C23H25N3O5.C23H28N2O4/c1-3-30-22(28)15(2)13-19(24-20(27)21-25-26-23(29)31-21)14-16-9-11-18(12-10-16)17-7-5-4-6-8-17;1-3-29-23(28)16(2)13-20(25-22(27)21(26)15-24)14-17-9-11-19(12-10-17)18-7-5-4-6-8-18/h4-12,15,19H,3,13-14H2,1-2H3,(H,24,27)(H,26,29);4-12,16,20H,3,13-15,24H2,1-2H3,(H,25,27)/t15-,19+;16-,20+/m11/s1. The van der Waals surface area contributed by atoms with Crippen LogP contribution in [-0.4, -0.2) is 71.6 Å². The van der Waals surface area contributed by atoms with Crippen LogP contribution in [0.25, 0.3) is 22.3 Å². The molecule has 0 unspecified atom stereocenters. The first-order valence-corrected chi connectivity index (χ1v) is 19.9. The lowest BCUT2D eigenvalue weighted by Crippen LogP contribution is -2.44. The first-order valence-electron chi connectivity index (χ1n) is 19.9. The van der Waals surface area contributed by atoms with Gasteiger partial charge in [-0.1, -0.05) is 123 Å². The van der Waals surface area contributed by atoms with Crippen molar-refractivity contribution in [2.24, 2.45) is 17.6 Å². The van der Waals surface area contributed by atoms with Crippen molar-refractivity contribution in [2.75, 3.05) is 19.8 Å². The van der Waals surface area contributed by atoms with Gasteiger partial charge in [0, 0.05) is 12.1 Å². The highest BCUT2D eigenvalue weighted by Crippen LogP contribution is 2.22. The number of amides is 2. The van der Waals surface area contributed by atoms with E-state index in [1.807, 2.05) is 109 Å². The number of esters is 2. The quantitative estimate of drug-likeness (QED) is 0.0607.